The Bertz CT molecular complexity index is 356. The maximum atomic E-state index is 5.96. The third-order valence-corrected chi connectivity index (χ3v) is 2.85. The van der Waals surface area contributed by atoms with E-state index >= 15 is 0 Å². The van der Waals surface area contributed by atoms with E-state index in [2.05, 4.69) is 13.8 Å². The Morgan fingerprint density at radius 2 is 1.71 bits per heavy atom. The number of aryl methyl sites for hydroxylation is 1. The monoisotopic (exact) mass is 259 g/mol. The smallest absolute Gasteiger partial charge is 0.161 e. The zero-order valence-corrected chi connectivity index (χ0v) is 11.8. The van der Waals surface area contributed by atoms with E-state index < -0.39 is 0 Å². The molecule has 0 amide bonds. The number of halogens is 1. The number of ether oxygens (including phenoxy) is 2. The largest absolute Gasteiger partial charge is 0.493 e. The van der Waals surface area contributed by atoms with Crippen molar-refractivity contribution < 1.29 is 9.47 Å². The summed E-state index contributed by atoms with van der Waals surface area (Å²) in [5, 5.41) is 0. The average molecular weight is 260 g/mol. The van der Waals surface area contributed by atoms with Crippen molar-refractivity contribution in [3.63, 3.8) is 0 Å². The third-order valence-electron chi connectivity index (χ3n) is 2.85. The van der Waals surface area contributed by atoms with Gasteiger partial charge in [-0.25, -0.2) is 0 Å². The second-order valence-corrected chi connectivity index (χ2v) is 4.01. The number of methoxy groups -OCH3 is 2. The van der Waals surface area contributed by atoms with Crippen LogP contribution in [0, 0.1) is 6.92 Å². The molecule has 0 saturated heterocycles. The molecule has 17 heavy (non-hydrogen) atoms. The highest BCUT2D eigenvalue weighted by Crippen LogP contribution is 2.30. The molecule has 0 aliphatic rings. The fraction of sp³-hybridized carbons (Fsp3) is 0.538. The van der Waals surface area contributed by atoms with Gasteiger partial charge in [0.15, 0.2) is 11.5 Å². The van der Waals surface area contributed by atoms with Crippen molar-refractivity contribution in [3.8, 4) is 11.5 Å². The Balaban J connectivity index is 0.00000256. The van der Waals surface area contributed by atoms with Crippen LogP contribution in [0.1, 0.15) is 24.5 Å². The minimum absolute atomic E-state index is 0. The van der Waals surface area contributed by atoms with Crippen molar-refractivity contribution in [3.05, 3.63) is 23.3 Å². The number of nitrogens with two attached hydrogens (primary N) is 1. The molecule has 2 N–H and O–H groups in total. The van der Waals surface area contributed by atoms with E-state index in [1.807, 2.05) is 12.1 Å². The quantitative estimate of drug-likeness (QED) is 0.884. The van der Waals surface area contributed by atoms with Crippen molar-refractivity contribution >= 4 is 12.4 Å². The molecule has 1 atom stereocenters. The molecule has 0 aliphatic heterocycles. The first-order valence-electron chi connectivity index (χ1n) is 5.59. The minimum atomic E-state index is 0. The average Bonchev–Trinajstić information content (AvgIpc) is 2.30. The van der Waals surface area contributed by atoms with Crippen molar-refractivity contribution in [1.29, 1.82) is 0 Å². The summed E-state index contributed by atoms with van der Waals surface area (Å²) in [4.78, 5) is 0. The Kier molecular flexibility index (Phi) is 7.00. The van der Waals surface area contributed by atoms with Crippen LogP contribution in [0.4, 0.5) is 0 Å². The molecule has 1 rings (SSSR count). The van der Waals surface area contributed by atoms with Gasteiger partial charge in [-0.05, 0) is 43.0 Å². The van der Waals surface area contributed by atoms with E-state index in [-0.39, 0.29) is 18.4 Å². The highest BCUT2D eigenvalue weighted by molar-refractivity contribution is 5.85. The van der Waals surface area contributed by atoms with Crippen LogP contribution in [0.15, 0.2) is 12.1 Å². The summed E-state index contributed by atoms with van der Waals surface area (Å²) < 4.78 is 10.5. The topological polar surface area (TPSA) is 44.5 Å². The Labute approximate surface area is 110 Å². The van der Waals surface area contributed by atoms with Gasteiger partial charge in [-0.15, -0.1) is 12.4 Å². The molecule has 98 valence electrons. The SMILES string of the molecule is CCC(N)Cc1cc(OC)c(OC)cc1C.Cl. The van der Waals surface area contributed by atoms with Crippen molar-refractivity contribution in [2.45, 2.75) is 32.7 Å². The van der Waals surface area contributed by atoms with Gasteiger partial charge in [-0.3, -0.25) is 0 Å². The molecular formula is C13H22ClNO2. The second kappa shape index (κ2) is 7.41. The van der Waals surface area contributed by atoms with Crippen LogP contribution < -0.4 is 15.2 Å². The van der Waals surface area contributed by atoms with Crippen LogP contribution in [0.3, 0.4) is 0 Å². The van der Waals surface area contributed by atoms with Gasteiger partial charge in [0.1, 0.15) is 0 Å². The lowest BCUT2D eigenvalue weighted by Crippen LogP contribution is -2.21. The fourth-order valence-corrected chi connectivity index (χ4v) is 1.67. The van der Waals surface area contributed by atoms with E-state index in [9.17, 15) is 0 Å². The molecule has 0 heterocycles. The Morgan fingerprint density at radius 3 is 2.18 bits per heavy atom. The van der Waals surface area contributed by atoms with E-state index in [0.717, 1.165) is 24.3 Å². The maximum Gasteiger partial charge on any atom is 0.161 e. The predicted octanol–water partition coefficient (Wildman–Crippen LogP) is 2.71. The van der Waals surface area contributed by atoms with Crippen molar-refractivity contribution in [2.24, 2.45) is 5.73 Å². The third kappa shape index (κ3) is 4.10. The molecule has 0 spiro atoms. The molecule has 1 unspecified atom stereocenters. The lowest BCUT2D eigenvalue weighted by molar-refractivity contribution is 0.354. The van der Waals surface area contributed by atoms with Crippen LogP contribution in [0.25, 0.3) is 0 Å². The van der Waals surface area contributed by atoms with Crippen molar-refractivity contribution in [1.82, 2.24) is 0 Å². The molecule has 4 heteroatoms. The molecule has 0 fully saturated rings. The number of benzene rings is 1. The number of rotatable bonds is 5. The van der Waals surface area contributed by atoms with E-state index in [4.69, 9.17) is 15.2 Å². The zero-order valence-electron chi connectivity index (χ0n) is 10.9. The summed E-state index contributed by atoms with van der Waals surface area (Å²) in [5.74, 6) is 1.54. The molecule has 3 nitrogen and oxygen atoms in total. The lowest BCUT2D eigenvalue weighted by Gasteiger charge is -2.15. The molecule has 0 aliphatic carbocycles. The highest BCUT2D eigenvalue weighted by Gasteiger charge is 2.10. The van der Waals surface area contributed by atoms with Gasteiger partial charge in [0.2, 0.25) is 0 Å². The van der Waals surface area contributed by atoms with Crippen LogP contribution in [0.5, 0.6) is 11.5 Å². The fourth-order valence-electron chi connectivity index (χ4n) is 1.67. The van der Waals surface area contributed by atoms with Gasteiger partial charge in [-0.2, -0.15) is 0 Å². The predicted molar refractivity (Wildman–Crippen MR) is 73.5 cm³/mol. The summed E-state index contributed by atoms with van der Waals surface area (Å²) >= 11 is 0. The van der Waals surface area contributed by atoms with E-state index in [1.165, 1.54) is 11.1 Å². The summed E-state index contributed by atoms with van der Waals surface area (Å²) in [7, 11) is 3.30. The molecule has 1 aromatic carbocycles. The van der Waals surface area contributed by atoms with Crippen LogP contribution in [-0.4, -0.2) is 20.3 Å². The molecular weight excluding hydrogens is 238 g/mol. The van der Waals surface area contributed by atoms with Gasteiger partial charge < -0.3 is 15.2 Å². The molecule has 1 aromatic rings. The van der Waals surface area contributed by atoms with Gasteiger partial charge in [0.25, 0.3) is 0 Å². The molecule has 0 aromatic heterocycles. The van der Waals surface area contributed by atoms with Crippen LogP contribution >= 0.6 is 12.4 Å². The van der Waals surface area contributed by atoms with Gasteiger partial charge in [-0.1, -0.05) is 6.92 Å². The first-order chi connectivity index (χ1) is 7.62. The maximum absolute atomic E-state index is 5.96. The normalized spacial score (nSPS) is 11.6. The molecule has 0 saturated carbocycles. The summed E-state index contributed by atoms with van der Waals surface area (Å²) in [6.07, 6.45) is 1.86. The second-order valence-electron chi connectivity index (χ2n) is 4.01. The summed E-state index contributed by atoms with van der Waals surface area (Å²) in [5.41, 5.74) is 8.39. The zero-order chi connectivity index (χ0) is 12.1. The van der Waals surface area contributed by atoms with Gasteiger partial charge in [0, 0.05) is 6.04 Å². The Hall–Kier alpha value is -0.930. The first kappa shape index (κ1) is 16.1. The summed E-state index contributed by atoms with van der Waals surface area (Å²) in [6, 6.07) is 4.22. The van der Waals surface area contributed by atoms with Crippen LogP contribution in [-0.2, 0) is 6.42 Å². The van der Waals surface area contributed by atoms with Gasteiger partial charge >= 0.3 is 0 Å². The molecule has 0 bridgehead atoms. The standard InChI is InChI=1S/C13H21NO2.ClH/c1-5-11(14)7-10-8-13(16-4)12(15-3)6-9(10)2;/h6,8,11H,5,7,14H2,1-4H3;1H. The number of hydrogen-bond donors (Lipinski definition) is 1. The lowest BCUT2D eigenvalue weighted by atomic mass is 9.99. The highest BCUT2D eigenvalue weighted by atomic mass is 35.5. The van der Waals surface area contributed by atoms with Crippen LogP contribution in [0.2, 0.25) is 0 Å². The van der Waals surface area contributed by atoms with Gasteiger partial charge in [0.05, 0.1) is 14.2 Å². The molecule has 0 radical (unpaired) electrons. The minimum Gasteiger partial charge on any atom is -0.493 e. The van der Waals surface area contributed by atoms with E-state index in [0.29, 0.717) is 0 Å². The first-order valence-corrected chi connectivity index (χ1v) is 5.59. The Morgan fingerprint density at radius 1 is 1.18 bits per heavy atom. The van der Waals surface area contributed by atoms with E-state index in [1.54, 1.807) is 14.2 Å². The summed E-state index contributed by atoms with van der Waals surface area (Å²) in [6.45, 7) is 4.17. The van der Waals surface area contributed by atoms with Crippen molar-refractivity contribution in [2.75, 3.05) is 14.2 Å². The number of hydrogen-bond acceptors (Lipinski definition) is 3.